The summed E-state index contributed by atoms with van der Waals surface area (Å²) in [4.78, 5) is 20.1. The molecule has 0 spiro atoms. The first-order chi connectivity index (χ1) is 13.4. The molecule has 0 aliphatic carbocycles. The Balaban J connectivity index is 1.84. The van der Waals surface area contributed by atoms with Crippen molar-refractivity contribution in [2.75, 3.05) is 10.6 Å². The summed E-state index contributed by atoms with van der Waals surface area (Å²) in [5.74, 6) is -0.609. The molecule has 3 aromatic rings. The zero-order chi connectivity index (χ0) is 20.1. The van der Waals surface area contributed by atoms with Crippen LogP contribution in [-0.2, 0) is 6.18 Å². The second-order valence-electron chi connectivity index (χ2n) is 5.57. The molecule has 0 aliphatic rings. The number of anilines is 3. The molecule has 3 rings (SSSR count). The highest BCUT2D eigenvalue weighted by molar-refractivity contribution is 6.03. The molecule has 0 bridgehead atoms. The summed E-state index contributed by atoms with van der Waals surface area (Å²) in [7, 11) is 0. The zero-order valence-electron chi connectivity index (χ0n) is 14.2. The van der Waals surface area contributed by atoms with Gasteiger partial charge in [0.2, 0.25) is 0 Å². The number of nitrogens with zero attached hydrogens (tertiary/aromatic N) is 3. The number of hydrogen-bond acceptors (Lipinski definition) is 5. The maximum Gasteiger partial charge on any atom is 0.418 e. The number of halogens is 3. The monoisotopic (exact) mass is 383 g/mol. The Morgan fingerprint density at radius 1 is 1.00 bits per heavy atom. The molecule has 0 radical (unpaired) electrons. The van der Waals surface area contributed by atoms with Gasteiger partial charge in [-0.2, -0.15) is 18.4 Å². The van der Waals surface area contributed by atoms with Gasteiger partial charge in [0.05, 0.1) is 22.5 Å². The van der Waals surface area contributed by atoms with Crippen molar-refractivity contribution in [1.82, 2.24) is 9.97 Å². The van der Waals surface area contributed by atoms with E-state index < -0.39 is 17.6 Å². The number of para-hydroxylation sites is 2. The van der Waals surface area contributed by atoms with Crippen molar-refractivity contribution in [3.63, 3.8) is 0 Å². The van der Waals surface area contributed by atoms with Gasteiger partial charge in [0.1, 0.15) is 23.9 Å². The number of carbonyl (C=O) groups is 1. The molecule has 6 nitrogen and oxygen atoms in total. The molecule has 1 amide bonds. The molecular formula is C19H12F3N5O. The van der Waals surface area contributed by atoms with Crippen molar-refractivity contribution >= 4 is 23.1 Å². The van der Waals surface area contributed by atoms with Crippen molar-refractivity contribution in [3.8, 4) is 6.07 Å². The van der Waals surface area contributed by atoms with Gasteiger partial charge < -0.3 is 10.6 Å². The molecule has 0 saturated carbocycles. The van der Waals surface area contributed by atoms with Crippen molar-refractivity contribution < 1.29 is 18.0 Å². The molecule has 9 heteroatoms. The van der Waals surface area contributed by atoms with E-state index in [-0.39, 0.29) is 22.8 Å². The van der Waals surface area contributed by atoms with E-state index in [1.165, 1.54) is 30.3 Å². The van der Waals surface area contributed by atoms with Crippen LogP contribution >= 0.6 is 0 Å². The van der Waals surface area contributed by atoms with E-state index in [9.17, 15) is 18.0 Å². The molecule has 0 atom stereocenters. The topological polar surface area (TPSA) is 90.7 Å². The molecule has 2 aromatic carbocycles. The van der Waals surface area contributed by atoms with Gasteiger partial charge in [0.25, 0.3) is 5.91 Å². The number of aromatic nitrogens is 2. The van der Waals surface area contributed by atoms with Crippen LogP contribution in [0.15, 0.2) is 60.9 Å². The van der Waals surface area contributed by atoms with E-state index in [4.69, 9.17) is 5.26 Å². The van der Waals surface area contributed by atoms with Crippen LogP contribution in [0.1, 0.15) is 21.6 Å². The fourth-order valence-corrected chi connectivity index (χ4v) is 2.40. The average molecular weight is 383 g/mol. The van der Waals surface area contributed by atoms with Crippen LogP contribution in [0.4, 0.5) is 30.4 Å². The summed E-state index contributed by atoms with van der Waals surface area (Å²) in [6.07, 6.45) is -3.48. The number of amides is 1. The molecule has 0 fully saturated rings. The number of nitriles is 1. The third-order valence-corrected chi connectivity index (χ3v) is 3.69. The fourth-order valence-electron chi connectivity index (χ4n) is 2.40. The highest BCUT2D eigenvalue weighted by Gasteiger charge is 2.33. The quantitative estimate of drug-likeness (QED) is 0.698. The lowest BCUT2D eigenvalue weighted by atomic mass is 10.1. The minimum absolute atomic E-state index is 0.0189. The first-order valence-corrected chi connectivity index (χ1v) is 7.94. The van der Waals surface area contributed by atoms with Crippen molar-refractivity contribution in [1.29, 1.82) is 5.26 Å². The number of rotatable bonds is 4. The van der Waals surface area contributed by atoms with Gasteiger partial charge in [-0.05, 0) is 24.3 Å². The Labute approximate surface area is 157 Å². The van der Waals surface area contributed by atoms with Crippen LogP contribution in [0, 0.1) is 11.3 Å². The lowest BCUT2D eigenvalue weighted by Gasteiger charge is -2.14. The molecule has 28 heavy (non-hydrogen) atoms. The van der Waals surface area contributed by atoms with Gasteiger partial charge in [-0.1, -0.05) is 24.3 Å². The summed E-state index contributed by atoms with van der Waals surface area (Å²) < 4.78 is 39.3. The first-order valence-electron chi connectivity index (χ1n) is 7.94. The van der Waals surface area contributed by atoms with E-state index in [0.717, 1.165) is 12.4 Å². The minimum Gasteiger partial charge on any atom is -0.340 e. The van der Waals surface area contributed by atoms with Gasteiger partial charge in [-0.25, -0.2) is 9.97 Å². The average Bonchev–Trinajstić information content (AvgIpc) is 2.68. The Kier molecular flexibility index (Phi) is 5.22. The Bertz CT molecular complexity index is 1060. The van der Waals surface area contributed by atoms with E-state index in [2.05, 4.69) is 20.6 Å². The Hall–Kier alpha value is -3.93. The third-order valence-electron chi connectivity index (χ3n) is 3.69. The number of benzene rings is 2. The molecular weight excluding hydrogens is 371 g/mol. The van der Waals surface area contributed by atoms with Crippen LogP contribution in [-0.4, -0.2) is 15.9 Å². The maximum absolute atomic E-state index is 13.1. The standard InChI is InChI=1S/C19H12F3N5O/c20-19(21,22)13-6-2-4-8-15(13)26-17-9-16(24-11-25-17)18(28)27-14-7-3-1-5-12(14)10-23/h1-9,11H,(H,27,28)(H,24,25,26). The predicted molar refractivity (Wildman–Crippen MR) is 95.9 cm³/mol. The Morgan fingerprint density at radius 2 is 1.68 bits per heavy atom. The summed E-state index contributed by atoms with van der Waals surface area (Å²) in [6, 6.07) is 14.5. The van der Waals surface area contributed by atoms with Gasteiger partial charge in [-0.3, -0.25) is 4.79 Å². The molecule has 0 aliphatic heterocycles. The minimum atomic E-state index is -4.54. The number of nitrogens with one attached hydrogen (secondary N) is 2. The molecule has 140 valence electrons. The first kappa shape index (κ1) is 18.8. The van der Waals surface area contributed by atoms with Crippen LogP contribution in [0.3, 0.4) is 0 Å². The van der Waals surface area contributed by atoms with Crippen LogP contribution in [0.2, 0.25) is 0 Å². The molecule has 1 heterocycles. The summed E-state index contributed by atoms with van der Waals surface area (Å²) in [5, 5.41) is 14.2. The smallest absolute Gasteiger partial charge is 0.340 e. The van der Waals surface area contributed by atoms with Crippen LogP contribution in [0.5, 0.6) is 0 Å². The van der Waals surface area contributed by atoms with Gasteiger partial charge in [-0.15, -0.1) is 0 Å². The third kappa shape index (κ3) is 4.24. The van der Waals surface area contributed by atoms with Crippen molar-refractivity contribution in [2.45, 2.75) is 6.18 Å². The fraction of sp³-hybridized carbons (Fsp3) is 0.0526. The van der Waals surface area contributed by atoms with Crippen LogP contribution in [0.25, 0.3) is 0 Å². The maximum atomic E-state index is 13.1. The zero-order valence-corrected chi connectivity index (χ0v) is 14.2. The van der Waals surface area contributed by atoms with Gasteiger partial charge in [0, 0.05) is 6.07 Å². The molecule has 0 unspecified atom stereocenters. The summed E-state index contributed by atoms with van der Waals surface area (Å²) in [5.41, 5.74) is -0.569. The van der Waals surface area contributed by atoms with E-state index in [1.807, 2.05) is 6.07 Å². The second-order valence-corrected chi connectivity index (χ2v) is 5.57. The van der Waals surface area contributed by atoms with E-state index >= 15 is 0 Å². The molecule has 1 aromatic heterocycles. The highest BCUT2D eigenvalue weighted by Crippen LogP contribution is 2.35. The largest absolute Gasteiger partial charge is 0.418 e. The Morgan fingerprint density at radius 3 is 2.39 bits per heavy atom. The van der Waals surface area contributed by atoms with Crippen molar-refractivity contribution in [2.24, 2.45) is 0 Å². The predicted octanol–water partition coefficient (Wildman–Crippen LogP) is 4.36. The molecule has 0 saturated heterocycles. The van der Waals surface area contributed by atoms with Gasteiger partial charge in [0.15, 0.2) is 0 Å². The SMILES string of the molecule is N#Cc1ccccc1NC(=O)c1cc(Nc2ccccc2C(F)(F)F)ncn1. The number of alkyl halides is 3. The van der Waals surface area contributed by atoms with E-state index in [1.54, 1.807) is 18.2 Å². The van der Waals surface area contributed by atoms with Crippen LogP contribution < -0.4 is 10.6 Å². The number of carbonyl (C=O) groups excluding carboxylic acids is 1. The summed E-state index contributed by atoms with van der Waals surface area (Å²) >= 11 is 0. The number of hydrogen-bond donors (Lipinski definition) is 2. The second kappa shape index (κ2) is 7.75. The lowest BCUT2D eigenvalue weighted by Crippen LogP contribution is -2.15. The summed E-state index contributed by atoms with van der Waals surface area (Å²) in [6.45, 7) is 0. The normalized spacial score (nSPS) is 10.8. The molecule has 2 N–H and O–H groups in total. The van der Waals surface area contributed by atoms with Crippen molar-refractivity contribution in [3.05, 3.63) is 77.7 Å². The lowest BCUT2D eigenvalue weighted by molar-refractivity contribution is -0.136. The van der Waals surface area contributed by atoms with Gasteiger partial charge >= 0.3 is 6.18 Å². The van der Waals surface area contributed by atoms with E-state index in [0.29, 0.717) is 5.69 Å². The highest BCUT2D eigenvalue weighted by atomic mass is 19.4.